The average molecular weight is 328 g/mol. The Morgan fingerprint density at radius 2 is 2.16 bits per heavy atom. The number of hydrogen-bond donors (Lipinski definition) is 1. The van der Waals surface area contributed by atoms with Gasteiger partial charge < -0.3 is 10.1 Å². The Balaban J connectivity index is 2.07. The molecule has 1 aliphatic rings. The highest BCUT2D eigenvalue weighted by Gasteiger charge is 2.24. The zero-order valence-electron chi connectivity index (χ0n) is 11.7. The van der Waals surface area contributed by atoms with E-state index in [1.807, 2.05) is 0 Å². The Kier molecular flexibility index (Phi) is 5.43. The van der Waals surface area contributed by atoms with E-state index in [1.165, 1.54) is 19.3 Å². The van der Waals surface area contributed by atoms with Crippen LogP contribution >= 0.6 is 15.9 Å². The summed E-state index contributed by atoms with van der Waals surface area (Å²) in [5.74, 6) is 2.07. The van der Waals surface area contributed by atoms with Crippen LogP contribution in [0.1, 0.15) is 46.0 Å². The lowest BCUT2D eigenvalue weighted by molar-refractivity contribution is 0.0966. The molecule has 1 aliphatic carbocycles. The Labute approximate surface area is 123 Å². The van der Waals surface area contributed by atoms with Crippen molar-refractivity contribution in [1.29, 1.82) is 0 Å². The first kappa shape index (κ1) is 14.6. The van der Waals surface area contributed by atoms with Crippen molar-refractivity contribution in [2.24, 2.45) is 5.92 Å². The van der Waals surface area contributed by atoms with Crippen molar-refractivity contribution < 1.29 is 4.74 Å². The number of ether oxygens (including phenoxy) is 1. The third-order valence-corrected chi connectivity index (χ3v) is 4.31. The van der Waals surface area contributed by atoms with Gasteiger partial charge in [-0.3, -0.25) is 0 Å². The molecule has 0 radical (unpaired) electrons. The van der Waals surface area contributed by atoms with Gasteiger partial charge in [0.25, 0.3) is 0 Å². The van der Waals surface area contributed by atoms with Crippen LogP contribution < -0.4 is 10.1 Å². The third-order valence-electron chi connectivity index (χ3n) is 3.60. The second kappa shape index (κ2) is 7.08. The minimum Gasteiger partial charge on any atom is -0.473 e. The molecule has 19 heavy (non-hydrogen) atoms. The molecular formula is C14H22BrN3O. The van der Waals surface area contributed by atoms with Gasteiger partial charge in [-0.1, -0.05) is 20.3 Å². The van der Waals surface area contributed by atoms with Crippen LogP contribution in [0.2, 0.25) is 0 Å². The van der Waals surface area contributed by atoms with Crippen LogP contribution in [0.15, 0.2) is 10.8 Å². The maximum Gasteiger partial charge on any atom is 0.233 e. The van der Waals surface area contributed by atoms with E-state index in [2.05, 4.69) is 45.1 Å². The first-order valence-corrected chi connectivity index (χ1v) is 7.92. The van der Waals surface area contributed by atoms with E-state index in [1.54, 1.807) is 6.33 Å². The molecule has 1 aromatic rings. The zero-order chi connectivity index (χ0) is 13.7. The second-order valence-corrected chi connectivity index (χ2v) is 5.98. The molecule has 1 saturated carbocycles. The van der Waals surface area contributed by atoms with Gasteiger partial charge >= 0.3 is 0 Å². The Morgan fingerprint density at radius 1 is 1.37 bits per heavy atom. The fraction of sp³-hybridized carbons (Fsp3) is 0.714. The standard InChI is InChI=1S/C14H22BrN3O/c1-3-8-16-13-12(15)14(18-9-17-13)19-11-7-5-4-6-10(11)2/h9-11H,3-8H2,1-2H3,(H,16,17,18). The molecule has 0 saturated heterocycles. The molecule has 0 aliphatic heterocycles. The second-order valence-electron chi connectivity index (χ2n) is 5.19. The van der Waals surface area contributed by atoms with E-state index >= 15 is 0 Å². The van der Waals surface area contributed by atoms with Crippen LogP contribution in [0.25, 0.3) is 0 Å². The smallest absolute Gasteiger partial charge is 0.233 e. The lowest BCUT2D eigenvalue weighted by Gasteiger charge is -2.29. The molecule has 0 aromatic carbocycles. The summed E-state index contributed by atoms with van der Waals surface area (Å²) in [5.41, 5.74) is 0. The fourth-order valence-corrected chi connectivity index (χ4v) is 2.84. The van der Waals surface area contributed by atoms with Crippen molar-refractivity contribution in [3.63, 3.8) is 0 Å². The highest BCUT2D eigenvalue weighted by atomic mass is 79.9. The van der Waals surface area contributed by atoms with Crippen LogP contribution in [0.5, 0.6) is 5.88 Å². The average Bonchev–Trinajstić information content (AvgIpc) is 2.42. The quantitative estimate of drug-likeness (QED) is 0.887. The van der Waals surface area contributed by atoms with E-state index in [-0.39, 0.29) is 6.10 Å². The van der Waals surface area contributed by atoms with Crippen molar-refractivity contribution >= 4 is 21.7 Å². The molecule has 1 aromatic heterocycles. The van der Waals surface area contributed by atoms with Crippen LogP contribution in [0, 0.1) is 5.92 Å². The fourth-order valence-electron chi connectivity index (χ4n) is 2.40. The van der Waals surface area contributed by atoms with Gasteiger partial charge in [0.05, 0.1) is 0 Å². The van der Waals surface area contributed by atoms with Crippen molar-refractivity contribution in [3.05, 3.63) is 10.8 Å². The van der Waals surface area contributed by atoms with E-state index in [0.29, 0.717) is 11.8 Å². The molecule has 1 N–H and O–H groups in total. The van der Waals surface area contributed by atoms with Crippen molar-refractivity contribution in [2.75, 3.05) is 11.9 Å². The SMILES string of the molecule is CCCNc1ncnc(OC2CCCCC2C)c1Br. The highest BCUT2D eigenvalue weighted by molar-refractivity contribution is 9.10. The summed E-state index contributed by atoms with van der Waals surface area (Å²) < 4.78 is 6.92. The van der Waals surface area contributed by atoms with Crippen molar-refractivity contribution in [3.8, 4) is 5.88 Å². The maximum atomic E-state index is 6.08. The summed E-state index contributed by atoms with van der Waals surface area (Å²) in [6, 6.07) is 0. The molecule has 4 nitrogen and oxygen atoms in total. The summed E-state index contributed by atoms with van der Waals surface area (Å²) in [6.45, 7) is 5.28. The number of halogens is 1. The highest BCUT2D eigenvalue weighted by Crippen LogP contribution is 2.33. The first-order valence-electron chi connectivity index (χ1n) is 7.13. The molecule has 5 heteroatoms. The lowest BCUT2D eigenvalue weighted by atomic mass is 9.88. The molecule has 2 unspecified atom stereocenters. The number of nitrogens with one attached hydrogen (secondary N) is 1. The van der Waals surface area contributed by atoms with Crippen molar-refractivity contribution in [1.82, 2.24) is 9.97 Å². The molecule has 0 spiro atoms. The lowest BCUT2D eigenvalue weighted by Crippen LogP contribution is -2.28. The third kappa shape index (κ3) is 3.81. The molecule has 2 atom stereocenters. The maximum absolute atomic E-state index is 6.08. The molecule has 2 rings (SSSR count). The summed E-state index contributed by atoms with van der Waals surface area (Å²) in [5, 5.41) is 3.27. The monoisotopic (exact) mass is 327 g/mol. The van der Waals surface area contributed by atoms with Gasteiger partial charge in [-0.2, -0.15) is 0 Å². The summed E-state index contributed by atoms with van der Waals surface area (Å²) >= 11 is 3.55. The van der Waals surface area contributed by atoms with Gasteiger partial charge in [-0.05, 0) is 47.5 Å². The van der Waals surface area contributed by atoms with Gasteiger partial charge in [-0.15, -0.1) is 0 Å². The molecule has 0 bridgehead atoms. The minimum atomic E-state index is 0.277. The molecule has 0 amide bonds. The predicted molar refractivity (Wildman–Crippen MR) is 80.6 cm³/mol. The summed E-state index contributed by atoms with van der Waals surface area (Å²) in [7, 11) is 0. The summed E-state index contributed by atoms with van der Waals surface area (Å²) in [6.07, 6.45) is 7.83. The Hall–Kier alpha value is -0.840. The number of rotatable bonds is 5. The number of aromatic nitrogens is 2. The van der Waals surface area contributed by atoms with E-state index in [4.69, 9.17) is 4.74 Å². The predicted octanol–water partition coefficient (Wildman–Crippen LogP) is 4.02. The van der Waals surface area contributed by atoms with Gasteiger partial charge in [0.1, 0.15) is 22.7 Å². The molecule has 1 heterocycles. The zero-order valence-corrected chi connectivity index (χ0v) is 13.2. The first-order chi connectivity index (χ1) is 9.22. The molecule has 1 fully saturated rings. The minimum absolute atomic E-state index is 0.277. The van der Waals surface area contributed by atoms with E-state index in [9.17, 15) is 0 Å². The van der Waals surface area contributed by atoms with Crippen LogP contribution in [0.4, 0.5) is 5.82 Å². The Morgan fingerprint density at radius 3 is 2.89 bits per heavy atom. The molecule has 106 valence electrons. The topological polar surface area (TPSA) is 47.0 Å². The molecular weight excluding hydrogens is 306 g/mol. The number of hydrogen-bond acceptors (Lipinski definition) is 4. The van der Waals surface area contributed by atoms with Crippen molar-refractivity contribution in [2.45, 2.75) is 52.1 Å². The number of anilines is 1. The van der Waals surface area contributed by atoms with Gasteiger partial charge in [0, 0.05) is 6.54 Å². The van der Waals surface area contributed by atoms with Crippen LogP contribution in [-0.2, 0) is 0 Å². The normalized spacial score (nSPS) is 23.1. The van der Waals surface area contributed by atoms with Crippen LogP contribution in [0.3, 0.4) is 0 Å². The Bertz CT molecular complexity index is 414. The van der Waals surface area contributed by atoms with Crippen LogP contribution in [-0.4, -0.2) is 22.6 Å². The van der Waals surface area contributed by atoms with E-state index < -0.39 is 0 Å². The van der Waals surface area contributed by atoms with E-state index in [0.717, 1.165) is 29.7 Å². The van der Waals surface area contributed by atoms with Gasteiger partial charge in [0.2, 0.25) is 5.88 Å². The number of nitrogens with zero attached hydrogens (tertiary/aromatic N) is 2. The van der Waals surface area contributed by atoms with Gasteiger partial charge in [0.15, 0.2) is 0 Å². The largest absolute Gasteiger partial charge is 0.473 e. The van der Waals surface area contributed by atoms with Gasteiger partial charge in [-0.25, -0.2) is 9.97 Å². The summed E-state index contributed by atoms with van der Waals surface area (Å²) in [4.78, 5) is 8.49.